The highest BCUT2D eigenvalue weighted by atomic mass is 19.1. The lowest BCUT2D eigenvalue weighted by Gasteiger charge is -2.07. The Labute approximate surface area is 61.8 Å². The Morgan fingerprint density at radius 1 is 1.20 bits per heavy atom. The summed E-state index contributed by atoms with van der Waals surface area (Å²) in [5.74, 6) is 5.93. The average Bonchev–Trinajstić information content (AvgIpc) is 1.90. The first-order valence-electron chi connectivity index (χ1n) is 3.94. The van der Waals surface area contributed by atoms with Crippen LogP contribution >= 0.6 is 0 Å². The maximum absolute atomic E-state index is 12.6. The molecule has 0 saturated carbocycles. The lowest BCUT2D eigenvalue weighted by molar-refractivity contribution is 0.369. The Morgan fingerprint density at radius 3 is 2.70 bits per heavy atom. The minimum absolute atomic E-state index is 0.401. The first kappa shape index (κ1) is 7.60. The molecule has 1 aliphatic carbocycles. The Kier molecular flexibility index (Phi) is 2.74. The van der Waals surface area contributed by atoms with Gasteiger partial charge in [-0.15, -0.1) is 0 Å². The summed E-state index contributed by atoms with van der Waals surface area (Å²) in [6, 6.07) is 0. The quantitative estimate of drug-likeness (QED) is 0.453. The molecule has 0 fully saturated rings. The van der Waals surface area contributed by atoms with Gasteiger partial charge in [-0.3, -0.25) is 0 Å². The van der Waals surface area contributed by atoms with Gasteiger partial charge in [0.1, 0.15) is 0 Å². The predicted octanol–water partition coefficient (Wildman–Crippen LogP) is 2.54. The number of rotatable bonds is 0. The maximum Gasteiger partial charge on any atom is 0.160 e. The van der Waals surface area contributed by atoms with E-state index in [4.69, 9.17) is 0 Å². The summed E-state index contributed by atoms with van der Waals surface area (Å²) in [7, 11) is 0. The van der Waals surface area contributed by atoms with Crippen molar-refractivity contribution in [3.05, 3.63) is 0 Å². The van der Waals surface area contributed by atoms with Crippen LogP contribution in [0, 0.1) is 17.8 Å². The van der Waals surface area contributed by atoms with E-state index < -0.39 is 6.17 Å². The lowest BCUT2D eigenvalue weighted by atomic mass is 10.00. The van der Waals surface area contributed by atoms with E-state index in [-0.39, 0.29) is 0 Å². The number of hydrogen-bond donors (Lipinski definition) is 0. The van der Waals surface area contributed by atoms with Crippen LogP contribution in [0.3, 0.4) is 0 Å². The van der Waals surface area contributed by atoms with Crippen LogP contribution < -0.4 is 0 Å². The van der Waals surface area contributed by atoms with Crippen LogP contribution in [0.15, 0.2) is 0 Å². The minimum Gasteiger partial charge on any atom is -0.233 e. The van der Waals surface area contributed by atoms with Crippen molar-refractivity contribution in [1.82, 2.24) is 0 Å². The molecule has 1 heteroatoms. The second-order valence-electron chi connectivity index (χ2n) is 2.94. The van der Waals surface area contributed by atoms with E-state index in [0.717, 1.165) is 19.3 Å². The van der Waals surface area contributed by atoms with Crippen LogP contribution in [-0.2, 0) is 0 Å². The molecule has 0 spiro atoms. The summed E-state index contributed by atoms with van der Waals surface area (Å²) >= 11 is 0. The van der Waals surface area contributed by atoms with Crippen LogP contribution in [-0.4, -0.2) is 6.17 Å². The van der Waals surface area contributed by atoms with Crippen LogP contribution in [0.25, 0.3) is 0 Å². The Hall–Kier alpha value is -0.510. The minimum atomic E-state index is -0.859. The molecule has 2 atom stereocenters. The second kappa shape index (κ2) is 3.61. The molecule has 0 aliphatic heterocycles. The highest BCUT2D eigenvalue weighted by Gasteiger charge is 2.06. The molecule has 1 rings (SSSR count). The van der Waals surface area contributed by atoms with Gasteiger partial charge in [-0.2, -0.15) is 0 Å². The predicted molar refractivity (Wildman–Crippen MR) is 40.3 cm³/mol. The van der Waals surface area contributed by atoms with Crippen molar-refractivity contribution in [2.24, 2.45) is 5.92 Å². The van der Waals surface area contributed by atoms with Crippen molar-refractivity contribution in [3.8, 4) is 11.8 Å². The summed E-state index contributed by atoms with van der Waals surface area (Å²) in [6.45, 7) is 2.06. The normalized spacial score (nSPS) is 33.4. The standard InChI is InChI=1S/C9H13F/c1-8-4-2-3-5-9(10)7-6-8/h8-9H,2-5H2,1H3. The molecule has 1 aliphatic rings. The van der Waals surface area contributed by atoms with Crippen LogP contribution in [0.1, 0.15) is 32.6 Å². The third-order valence-corrected chi connectivity index (χ3v) is 1.83. The van der Waals surface area contributed by atoms with E-state index in [1.54, 1.807) is 0 Å². The smallest absolute Gasteiger partial charge is 0.160 e. The van der Waals surface area contributed by atoms with Gasteiger partial charge in [-0.25, -0.2) is 4.39 Å². The summed E-state index contributed by atoms with van der Waals surface area (Å²) in [6.07, 6.45) is 3.05. The van der Waals surface area contributed by atoms with Gasteiger partial charge < -0.3 is 0 Å². The lowest BCUT2D eigenvalue weighted by Crippen LogP contribution is -2.01. The SMILES string of the molecule is CC1C#CC(F)CCCC1. The van der Waals surface area contributed by atoms with Gasteiger partial charge >= 0.3 is 0 Å². The van der Waals surface area contributed by atoms with E-state index in [2.05, 4.69) is 18.8 Å². The van der Waals surface area contributed by atoms with Gasteiger partial charge in [0.2, 0.25) is 0 Å². The van der Waals surface area contributed by atoms with Gasteiger partial charge in [0.15, 0.2) is 6.17 Å². The van der Waals surface area contributed by atoms with Crippen LogP contribution in [0.5, 0.6) is 0 Å². The third kappa shape index (κ3) is 2.39. The molecule has 0 heterocycles. The van der Waals surface area contributed by atoms with Crippen molar-refractivity contribution < 1.29 is 4.39 Å². The summed E-state index contributed by atoms with van der Waals surface area (Å²) in [5, 5.41) is 0. The van der Waals surface area contributed by atoms with Crippen LogP contribution in [0.2, 0.25) is 0 Å². The van der Waals surface area contributed by atoms with Gasteiger partial charge in [-0.05, 0) is 19.3 Å². The van der Waals surface area contributed by atoms with Crippen molar-refractivity contribution in [2.75, 3.05) is 0 Å². The van der Waals surface area contributed by atoms with E-state index in [9.17, 15) is 4.39 Å². The Morgan fingerprint density at radius 2 is 1.90 bits per heavy atom. The zero-order valence-corrected chi connectivity index (χ0v) is 6.36. The van der Waals surface area contributed by atoms with Crippen molar-refractivity contribution >= 4 is 0 Å². The molecule has 0 radical (unpaired) electrons. The number of halogens is 1. The highest BCUT2D eigenvalue weighted by Crippen LogP contribution is 2.13. The van der Waals surface area contributed by atoms with Gasteiger partial charge in [0, 0.05) is 5.92 Å². The average molecular weight is 140 g/mol. The highest BCUT2D eigenvalue weighted by molar-refractivity contribution is 5.08. The molecule has 2 unspecified atom stereocenters. The zero-order valence-electron chi connectivity index (χ0n) is 6.36. The molecular weight excluding hydrogens is 127 g/mol. The molecule has 0 aromatic rings. The first-order valence-corrected chi connectivity index (χ1v) is 3.94. The molecule has 0 aromatic carbocycles. The molecule has 0 nitrogen and oxygen atoms in total. The largest absolute Gasteiger partial charge is 0.233 e. The van der Waals surface area contributed by atoms with E-state index in [1.165, 1.54) is 0 Å². The van der Waals surface area contributed by atoms with Crippen molar-refractivity contribution in [1.29, 1.82) is 0 Å². The van der Waals surface area contributed by atoms with E-state index >= 15 is 0 Å². The van der Waals surface area contributed by atoms with Crippen LogP contribution in [0.4, 0.5) is 4.39 Å². The van der Waals surface area contributed by atoms with Crippen molar-refractivity contribution in [2.45, 2.75) is 38.8 Å². The Bertz CT molecular complexity index is 136. The van der Waals surface area contributed by atoms with E-state index in [0.29, 0.717) is 12.3 Å². The Balaban J connectivity index is 2.49. The molecule has 0 N–H and O–H groups in total. The summed E-state index contributed by atoms with van der Waals surface area (Å²) < 4.78 is 12.6. The fraction of sp³-hybridized carbons (Fsp3) is 0.778. The molecule has 0 aromatic heterocycles. The van der Waals surface area contributed by atoms with Gasteiger partial charge in [0.25, 0.3) is 0 Å². The van der Waals surface area contributed by atoms with Gasteiger partial charge in [0.05, 0.1) is 0 Å². The first-order chi connectivity index (χ1) is 4.79. The molecule has 0 amide bonds. The molecular formula is C9H13F. The fourth-order valence-electron chi connectivity index (χ4n) is 1.15. The number of alkyl halides is 1. The molecule has 56 valence electrons. The molecule has 10 heavy (non-hydrogen) atoms. The summed E-state index contributed by atoms with van der Waals surface area (Å²) in [5.41, 5.74) is 0. The molecule has 0 saturated heterocycles. The van der Waals surface area contributed by atoms with Gasteiger partial charge in [-0.1, -0.05) is 25.2 Å². The maximum atomic E-state index is 12.6. The third-order valence-electron chi connectivity index (χ3n) is 1.83. The molecule has 0 bridgehead atoms. The number of hydrogen-bond acceptors (Lipinski definition) is 0. The topological polar surface area (TPSA) is 0 Å². The fourth-order valence-corrected chi connectivity index (χ4v) is 1.15. The zero-order chi connectivity index (χ0) is 7.40. The summed E-state index contributed by atoms with van der Waals surface area (Å²) in [4.78, 5) is 0. The van der Waals surface area contributed by atoms with Crippen molar-refractivity contribution in [3.63, 3.8) is 0 Å². The second-order valence-corrected chi connectivity index (χ2v) is 2.94. The monoisotopic (exact) mass is 140 g/mol. The van der Waals surface area contributed by atoms with E-state index in [1.807, 2.05) is 0 Å².